The standard InChI is InChI=1S/C31H30ClF3N2O5/c1-3-4-22(18-5-7-19(8-6-18)30(40)36-14-13-28(38)39)29(20-9-12-27(41-2)25(32)15-20)24-17-37-26-11-10-21(16-23(24)26)42-31(33,34)35/h5-12,15-17,22,29,37H,3-4,13-14H2,1-2H3,(H,36,40)(H,38,39). The lowest BCUT2D eigenvalue weighted by atomic mass is 9.75. The minimum absolute atomic E-state index is 0.00921. The zero-order chi connectivity index (χ0) is 30.4. The summed E-state index contributed by atoms with van der Waals surface area (Å²) in [5.41, 5.74) is 3.52. The highest BCUT2D eigenvalue weighted by Gasteiger charge is 2.32. The van der Waals surface area contributed by atoms with Crippen LogP contribution in [0.4, 0.5) is 13.2 Å². The molecular formula is C31H30ClF3N2O5. The number of carbonyl (C=O) groups excluding carboxylic acids is 1. The molecule has 3 N–H and O–H groups in total. The molecule has 0 fully saturated rings. The van der Waals surface area contributed by atoms with E-state index < -0.39 is 12.3 Å². The number of carbonyl (C=O) groups is 2. The fourth-order valence-corrected chi connectivity index (χ4v) is 5.45. The molecule has 0 spiro atoms. The van der Waals surface area contributed by atoms with Crippen LogP contribution in [0, 0.1) is 0 Å². The summed E-state index contributed by atoms with van der Waals surface area (Å²) in [7, 11) is 1.51. The first-order chi connectivity index (χ1) is 20.0. The number of ether oxygens (including phenoxy) is 2. The maximum absolute atomic E-state index is 13.0. The lowest BCUT2D eigenvalue weighted by molar-refractivity contribution is -0.274. The van der Waals surface area contributed by atoms with Gasteiger partial charge in [-0.15, -0.1) is 13.2 Å². The summed E-state index contributed by atoms with van der Waals surface area (Å²) in [6.07, 6.45) is -1.72. The summed E-state index contributed by atoms with van der Waals surface area (Å²) in [5, 5.41) is 12.4. The van der Waals surface area contributed by atoms with Gasteiger partial charge in [-0.1, -0.05) is 43.1 Å². The minimum atomic E-state index is -4.83. The first-order valence-electron chi connectivity index (χ1n) is 13.3. The van der Waals surface area contributed by atoms with E-state index in [9.17, 15) is 22.8 Å². The molecule has 0 aliphatic heterocycles. The number of aliphatic carboxylic acids is 1. The Morgan fingerprint density at radius 2 is 1.76 bits per heavy atom. The molecule has 0 radical (unpaired) electrons. The van der Waals surface area contributed by atoms with Crippen LogP contribution in [0.25, 0.3) is 10.9 Å². The summed E-state index contributed by atoms with van der Waals surface area (Å²) < 4.78 is 48.7. The van der Waals surface area contributed by atoms with Crippen molar-refractivity contribution in [3.8, 4) is 11.5 Å². The average molecular weight is 603 g/mol. The molecule has 0 aliphatic rings. The molecule has 42 heavy (non-hydrogen) atoms. The Balaban J connectivity index is 1.80. The zero-order valence-electron chi connectivity index (χ0n) is 22.9. The Kier molecular flexibility index (Phi) is 9.67. The van der Waals surface area contributed by atoms with Crippen molar-refractivity contribution >= 4 is 34.4 Å². The monoisotopic (exact) mass is 602 g/mol. The van der Waals surface area contributed by atoms with Gasteiger partial charge in [-0.05, 0) is 71.5 Å². The second-order valence-electron chi connectivity index (χ2n) is 9.79. The normalized spacial score (nSPS) is 13.0. The van der Waals surface area contributed by atoms with Gasteiger partial charge < -0.3 is 24.9 Å². The highest BCUT2D eigenvalue weighted by atomic mass is 35.5. The lowest BCUT2D eigenvalue weighted by Gasteiger charge is -2.29. The number of H-pyrrole nitrogens is 1. The molecule has 2 atom stereocenters. The number of methoxy groups -OCH3 is 1. The highest BCUT2D eigenvalue weighted by molar-refractivity contribution is 6.32. The molecule has 1 heterocycles. The SMILES string of the molecule is CCCC(c1ccc(C(=O)NCCC(=O)O)cc1)C(c1ccc(OC)c(Cl)c1)c1c[nH]c2ccc(OC(F)(F)F)cc12. The third-order valence-corrected chi connectivity index (χ3v) is 7.31. The molecular weight excluding hydrogens is 573 g/mol. The molecule has 11 heteroatoms. The Morgan fingerprint density at radius 3 is 2.38 bits per heavy atom. The number of aromatic amines is 1. The van der Waals surface area contributed by atoms with Crippen molar-refractivity contribution in [2.45, 2.75) is 44.4 Å². The van der Waals surface area contributed by atoms with Crippen molar-refractivity contribution in [2.75, 3.05) is 13.7 Å². The quantitative estimate of drug-likeness (QED) is 0.155. The lowest BCUT2D eigenvalue weighted by Crippen LogP contribution is -2.26. The van der Waals surface area contributed by atoms with E-state index in [1.54, 1.807) is 36.5 Å². The van der Waals surface area contributed by atoms with Gasteiger partial charge in [0.2, 0.25) is 0 Å². The number of carboxylic acids is 1. The number of hydrogen-bond donors (Lipinski definition) is 3. The minimum Gasteiger partial charge on any atom is -0.495 e. The van der Waals surface area contributed by atoms with E-state index in [4.69, 9.17) is 21.4 Å². The summed E-state index contributed by atoms with van der Waals surface area (Å²) in [6, 6.07) is 16.7. The van der Waals surface area contributed by atoms with E-state index in [1.165, 1.54) is 19.2 Å². The van der Waals surface area contributed by atoms with Gasteiger partial charge in [0, 0.05) is 35.1 Å². The van der Waals surface area contributed by atoms with Crippen LogP contribution >= 0.6 is 11.6 Å². The van der Waals surface area contributed by atoms with Crippen molar-refractivity contribution in [3.63, 3.8) is 0 Å². The first kappa shape index (κ1) is 30.8. The van der Waals surface area contributed by atoms with E-state index in [0.29, 0.717) is 33.7 Å². The summed E-state index contributed by atoms with van der Waals surface area (Å²) in [4.78, 5) is 26.5. The van der Waals surface area contributed by atoms with Crippen LogP contribution in [0.3, 0.4) is 0 Å². The second kappa shape index (κ2) is 13.2. The molecule has 2 unspecified atom stereocenters. The third-order valence-electron chi connectivity index (χ3n) is 7.02. The molecule has 0 saturated heterocycles. The Morgan fingerprint density at radius 1 is 1.05 bits per heavy atom. The van der Waals surface area contributed by atoms with Crippen LogP contribution in [0.1, 0.15) is 65.1 Å². The molecule has 0 aliphatic carbocycles. The van der Waals surface area contributed by atoms with Crippen molar-refractivity contribution in [1.29, 1.82) is 0 Å². The van der Waals surface area contributed by atoms with Crippen LogP contribution in [0.15, 0.2) is 66.9 Å². The Bertz CT molecular complexity index is 1550. The molecule has 4 rings (SSSR count). The number of benzene rings is 3. The molecule has 4 aromatic rings. The number of rotatable bonds is 12. The zero-order valence-corrected chi connectivity index (χ0v) is 23.7. The number of hydrogen-bond acceptors (Lipinski definition) is 4. The average Bonchev–Trinajstić information content (AvgIpc) is 3.34. The predicted octanol–water partition coefficient (Wildman–Crippen LogP) is 7.65. The van der Waals surface area contributed by atoms with Crippen LogP contribution in [-0.4, -0.2) is 42.0 Å². The highest BCUT2D eigenvalue weighted by Crippen LogP contribution is 2.46. The number of amides is 1. The van der Waals surface area contributed by atoms with Gasteiger partial charge in [-0.3, -0.25) is 9.59 Å². The summed E-state index contributed by atoms with van der Waals surface area (Å²) in [6.45, 7) is 2.05. The molecule has 222 valence electrons. The van der Waals surface area contributed by atoms with E-state index >= 15 is 0 Å². The summed E-state index contributed by atoms with van der Waals surface area (Å²) >= 11 is 6.54. The summed E-state index contributed by atoms with van der Waals surface area (Å²) in [5.74, 6) is -1.74. The van der Waals surface area contributed by atoms with Crippen molar-refractivity contribution in [2.24, 2.45) is 0 Å². The number of alkyl halides is 3. The number of halogens is 4. The van der Waals surface area contributed by atoms with Gasteiger partial charge >= 0.3 is 12.3 Å². The number of nitrogens with one attached hydrogen (secondary N) is 2. The molecule has 0 bridgehead atoms. The van der Waals surface area contributed by atoms with E-state index in [-0.39, 0.29) is 36.5 Å². The molecule has 1 amide bonds. The third kappa shape index (κ3) is 7.36. The maximum atomic E-state index is 13.0. The number of carboxylic acid groups (broad SMARTS) is 1. The Labute approximate surface area is 245 Å². The molecule has 7 nitrogen and oxygen atoms in total. The van der Waals surface area contributed by atoms with Gasteiger partial charge in [0.1, 0.15) is 11.5 Å². The maximum Gasteiger partial charge on any atom is 0.573 e. The Hall–Kier alpha value is -4.18. The largest absolute Gasteiger partial charge is 0.573 e. The smallest absolute Gasteiger partial charge is 0.495 e. The van der Waals surface area contributed by atoms with Crippen molar-refractivity contribution in [3.05, 3.63) is 94.1 Å². The first-order valence-corrected chi connectivity index (χ1v) is 13.7. The van der Waals surface area contributed by atoms with Crippen LogP contribution in [0.5, 0.6) is 11.5 Å². The molecule has 1 aromatic heterocycles. The van der Waals surface area contributed by atoms with E-state index in [2.05, 4.69) is 15.0 Å². The van der Waals surface area contributed by atoms with Gasteiger partial charge in [0.25, 0.3) is 5.91 Å². The fraction of sp³-hybridized carbons (Fsp3) is 0.290. The molecule has 3 aromatic carbocycles. The van der Waals surface area contributed by atoms with E-state index in [1.807, 2.05) is 25.1 Å². The van der Waals surface area contributed by atoms with Gasteiger partial charge in [0.15, 0.2) is 0 Å². The van der Waals surface area contributed by atoms with Gasteiger partial charge in [0.05, 0.1) is 18.6 Å². The van der Waals surface area contributed by atoms with Gasteiger partial charge in [-0.25, -0.2) is 0 Å². The molecule has 0 saturated carbocycles. The van der Waals surface area contributed by atoms with Crippen LogP contribution < -0.4 is 14.8 Å². The fourth-order valence-electron chi connectivity index (χ4n) is 5.18. The predicted molar refractivity (Wildman–Crippen MR) is 154 cm³/mol. The topological polar surface area (TPSA) is 101 Å². The van der Waals surface area contributed by atoms with Crippen molar-refractivity contribution in [1.82, 2.24) is 10.3 Å². The number of fused-ring (bicyclic) bond motifs is 1. The van der Waals surface area contributed by atoms with Crippen LogP contribution in [-0.2, 0) is 4.79 Å². The number of aromatic nitrogens is 1. The van der Waals surface area contributed by atoms with Gasteiger partial charge in [-0.2, -0.15) is 0 Å². The van der Waals surface area contributed by atoms with Crippen molar-refractivity contribution < 1.29 is 37.3 Å². The second-order valence-corrected chi connectivity index (χ2v) is 10.2. The van der Waals surface area contributed by atoms with Crippen LogP contribution in [0.2, 0.25) is 5.02 Å². The van der Waals surface area contributed by atoms with E-state index in [0.717, 1.165) is 23.1 Å².